The van der Waals surface area contributed by atoms with Crippen LogP contribution in [0.4, 0.5) is 0 Å². The van der Waals surface area contributed by atoms with Crippen molar-refractivity contribution in [3.05, 3.63) is 69.6 Å². The van der Waals surface area contributed by atoms with Crippen LogP contribution < -0.4 is 10.9 Å². The Hall–Kier alpha value is -2.34. The third kappa shape index (κ3) is 3.09. The lowest BCUT2D eigenvalue weighted by atomic mass is 9.94. The molecule has 1 aliphatic heterocycles. The van der Waals surface area contributed by atoms with E-state index in [0.717, 1.165) is 59.3 Å². The SMILES string of the molecule is Cl.O=c1cc(C2CCNCC2)n2nc3cccc(-c4ccccc4Cl)c3c2[nH]1. The first kappa shape index (κ1) is 19.0. The van der Waals surface area contributed by atoms with Gasteiger partial charge in [0.15, 0.2) is 0 Å². The minimum atomic E-state index is -0.0909. The monoisotopic (exact) mass is 414 g/mol. The summed E-state index contributed by atoms with van der Waals surface area (Å²) < 4.78 is 1.92. The average Bonchev–Trinajstić information content (AvgIpc) is 3.07. The number of hydrogen-bond donors (Lipinski definition) is 2. The lowest BCUT2D eigenvalue weighted by Gasteiger charge is -2.23. The molecule has 28 heavy (non-hydrogen) atoms. The fraction of sp³-hybridized carbons (Fsp3) is 0.238. The number of rotatable bonds is 2. The Morgan fingerprint density at radius 1 is 1.04 bits per heavy atom. The normalized spacial score (nSPS) is 15.0. The van der Waals surface area contributed by atoms with Crippen LogP contribution in [-0.2, 0) is 0 Å². The van der Waals surface area contributed by atoms with Gasteiger partial charge in [-0.25, -0.2) is 4.52 Å². The lowest BCUT2D eigenvalue weighted by molar-refractivity contribution is 0.446. The Bertz CT molecular complexity index is 1210. The van der Waals surface area contributed by atoms with Crippen LogP contribution in [0, 0.1) is 0 Å². The number of nitrogens with zero attached hydrogens (tertiary/aromatic N) is 2. The quantitative estimate of drug-likeness (QED) is 0.511. The number of aromatic amines is 1. The highest BCUT2D eigenvalue weighted by Crippen LogP contribution is 2.35. The number of H-pyrrole nitrogens is 1. The van der Waals surface area contributed by atoms with Crippen molar-refractivity contribution in [2.24, 2.45) is 0 Å². The van der Waals surface area contributed by atoms with E-state index in [1.807, 2.05) is 47.0 Å². The van der Waals surface area contributed by atoms with Gasteiger partial charge in [-0.15, -0.1) is 12.4 Å². The smallest absolute Gasteiger partial charge is 0.251 e. The lowest BCUT2D eigenvalue weighted by Crippen LogP contribution is -2.28. The van der Waals surface area contributed by atoms with E-state index >= 15 is 0 Å². The number of hydrogen-bond acceptors (Lipinski definition) is 3. The van der Waals surface area contributed by atoms with Gasteiger partial charge in [-0.05, 0) is 43.6 Å². The number of benzene rings is 2. The zero-order valence-electron chi connectivity index (χ0n) is 15.1. The molecule has 0 bridgehead atoms. The minimum absolute atomic E-state index is 0. The van der Waals surface area contributed by atoms with Gasteiger partial charge < -0.3 is 10.3 Å². The highest BCUT2D eigenvalue weighted by Gasteiger charge is 2.22. The predicted octanol–water partition coefficient (Wildman–Crippen LogP) is 4.39. The number of aromatic nitrogens is 3. The molecule has 0 radical (unpaired) electrons. The van der Waals surface area contributed by atoms with Crippen LogP contribution >= 0.6 is 24.0 Å². The standard InChI is InChI=1S/C21H19ClN4O.ClH/c22-16-6-2-1-4-14(16)15-5-3-7-17-20(15)21-24-19(27)12-18(26(21)25-17)13-8-10-23-11-9-13;/h1-7,12-13,23H,8-11H2,(H,24,27);1H. The molecule has 0 unspecified atom stereocenters. The number of nitrogens with one attached hydrogen (secondary N) is 2. The Balaban J connectivity index is 0.00000192. The third-order valence-corrected chi connectivity index (χ3v) is 5.71. The maximum atomic E-state index is 12.5. The van der Waals surface area contributed by atoms with Crippen molar-refractivity contribution in [3.63, 3.8) is 0 Å². The van der Waals surface area contributed by atoms with Crippen LogP contribution in [0.1, 0.15) is 24.5 Å². The van der Waals surface area contributed by atoms with E-state index in [1.165, 1.54) is 0 Å². The topological polar surface area (TPSA) is 62.2 Å². The van der Waals surface area contributed by atoms with Gasteiger partial charge in [-0.2, -0.15) is 5.10 Å². The Morgan fingerprint density at radius 3 is 2.57 bits per heavy atom. The average molecular weight is 415 g/mol. The van der Waals surface area contributed by atoms with Crippen molar-refractivity contribution < 1.29 is 0 Å². The highest BCUT2D eigenvalue weighted by molar-refractivity contribution is 6.33. The fourth-order valence-electron chi connectivity index (χ4n) is 4.10. The molecule has 0 saturated carbocycles. The van der Waals surface area contributed by atoms with Crippen molar-refractivity contribution in [1.82, 2.24) is 19.9 Å². The molecule has 2 aromatic carbocycles. The number of halogens is 2. The van der Waals surface area contributed by atoms with Crippen LogP contribution in [0.5, 0.6) is 0 Å². The molecule has 1 saturated heterocycles. The van der Waals surface area contributed by atoms with E-state index in [0.29, 0.717) is 10.9 Å². The molecule has 4 aromatic rings. The predicted molar refractivity (Wildman–Crippen MR) is 116 cm³/mol. The van der Waals surface area contributed by atoms with Crippen molar-refractivity contribution in [1.29, 1.82) is 0 Å². The highest BCUT2D eigenvalue weighted by atomic mass is 35.5. The molecule has 3 heterocycles. The van der Waals surface area contributed by atoms with Gasteiger partial charge in [0.05, 0.1) is 16.6 Å². The minimum Gasteiger partial charge on any atom is -0.317 e. The molecule has 7 heteroatoms. The molecule has 0 amide bonds. The summed E-state index contributed by atoms with van der Waals surface area (Å²) in [4.78, 5) is 15.5. The van der Waals surface area contributed by atoms with E-state index in [4.69, 9.17) is 16.7 Å². The van der Waals surface area contributed by atoms with Crippen LogP contribution in [-0.4, -0.2) is 27.7 Å². The summed E-state index contributed by atoms with van der Waals surface area (Å²) >= 11 is 6.46. The van der Waals surface area contributed by atoms with Crippen LogP contribution in [0.25, 0.3) is 27.7 Å². The first-order chi connectivity index (χ1) is 13.2. The molecule has 1 fully saturated rings. The van der Waals surface area contributed by atoms with Crippen molar-refractivity contribution in [2.45, 2.75) is 18.8 Å². The molecule has 144 valence electrons. The molecular formula is C21H20Cl2N4O. The Labute approximate surface area is 173 Å². The van der Waals surface area contributed by atoms with E-state index in [-0.39, 0.29) is 18.0 Å². The fourth-order valence-corrected chi connectivity index (χ4v) is 4.34. The summed E-state index contributed by atoms with van der Waals surface area (Å²) in [6, 6.07) is 15.4. The zero-order valence-corrected chi connectivity index (χ0v) is 16.7. The molecule has 5 rings (SSSR count). The van der Waals surface area contributed by atoms with Crippen LogP contribution in [0.3, 0.4) is 0 Å². The second kappa shape index (κ2) is 7.59. The summed E-state index contributed by atoms with van der Waals surface area (Å²) in [5, 5.41) is 9.82. The van der Waals surface area contributed by atoms with Crippen molar-refractivity contribution in [2.75, 3.05) is 13.1 Å². The summed E-state index contributed by atoms with van der Waals surface area (Å²) in [5.74, 6) is 0.328. The summed E-state index contributed by atoms with van der Waals surface area (Å²) in [7, 11) is 0. The second-order valence-corrected chi connectivity index (χ2v) is 7.43. The Kier molecular flexibility index (Phi) is 5.15. The Morgan fingerprint density at radius 2 is 1.79 bits per heavy atom. The maximum Gasteiger partial charge on any atom is 0.251 e. The number of fused-ring (bicyclic) bond motifs is 3. The molecule has 0 atom stereocenters. The first-order valence-corrected chi connectivity index (χ1v) is 9.60. The van der Waals surface area contributed by atoms with Gasteiger partial charge in [0.25, 0.3) is 5.56 Å². The van der Waals surface area contributed by atoms with E-state index in [1.54, 1.807) is 6.07 Å². The first-order valence-electron chi connectivity index (χ1n) is 9.22. The zero-order chi connectivity index (χ0) is 18.4. The largest absolute Gasteiger partial charge is 0.317 e. The number of piperidine rings is 1. The molecule has 5 nitrogen and oxygen atoms in total. The molecule has 2 N–H and O–H groups in total. The van der Waals surface area contributed by atoms with Gasteiger partial charge >= 0.3 is 0 Å². The van der Waals surface area contributed by atoms with E-state index in [2.05, 4.69) is 10.3 Å². The summed E-state index contributed by atoms with van der Waals surface area (Å²) in [6.07, 6.45) is 2.01. The van der Waals surface area contributed by atoms with E-state index < -0.39 is 0 Å². The van der Waals surface area contributed by atoms with Crippen molar-refractivity contribution in [3.8, 4) is 11.1 Å². The van der Waals surface area contributed by atoms with Crippen LogP contribution in [0.2, 0.25) is 5.02 Å². The van der Waals surface area contributed by atoms with E-state index in [9.17, 15) is 4.79 Å². The van der Waals surface area contributed by atoms with Gasteiger partial charge in [0.1, 0.15) is 5.65 Å². The molecule has 1 aliphatic rings. The van der Waals surface area contributed by atoms with Crippen LogP contribution in [0.15, 0.2) is 53.3 Å². The summed E-state index contributed by atoms with van der Waals surface area (Å²) in [6.45, 7) is 1.93. The molecular weight excluding hydrogens is 395 g/mol. The van der Waals surface area contributed by atoms with Gasteiger partial charge in [-0.1, -0.05) is 41.9 Å². The van der Waals surface area contributed by atoms with Crippen molar-refractivity contribution >= 4 is 40.6 Å². The van der Waals surface area contributed by atoms with Gasteiger partial charge in [0.2, 0.25) is 0 Å². The van der Waals surface area contributed by atoms with Gasteiger partial charge in [-0.3, -0.25) is 4.79 Å². The maximum absolute atomic E-state index is 12.5. The molecule has 2 aromatic heterocycles. The second-order valence-electron chi connectivity index (χ2n) is 7.02. The third-order valence-electron chi connectivity index (χ3n) is 5.39. The molecule has 0 spiro atoms. The summed E-state index contributed by atoms with van der Waals surface area (Å²) in [5.41, 5.74) is 4.40. The van der Waals surface area contributed by atoms with Gasteiger partial charge in [0, 0.05) is 22.6 Å². The molecule has 0 aliphatic carbocycles.